The first-order valence-corrected chi connectivity index (χ1v) is 8.96. The fourth-order valence-corrected chi connectivity index (χ4v) is 2.75. The maximum Gasteiger partial charge on any atom is 0.339 e. The second kappa shape index (κ2) is 11.1. The third-order valence-electron chi connectivity index (χ3n) is 3.11. The number of carbonyl (C=O) groups excluding carboxylic acids is 4. The average molecular weight is 381 g/mol. The van der Waals surface area contributed by atoms with Crippen LogP contribution in [0.5, 0.6) is 0 Å². The number of thioether (sulfide) groups is 1. The summed E-state index contributed by atoms with van der Waals surface area (Å²) in [5, 5.41) is 4.89. The molecular weight excluding hydrogens is 358 g/mol. The number of ether oxygens (including phenoxy) is 1. The van der Waals surface area contributed by atoms with Crippen molar-refractivity contribution in [1.29, 1.82) is 0 Å². The van der Waals surface area contributed by atoms with Gasteiger partial charge in [-0.25, -0.2) is 4.79 Å². The Hall–Kier alpha value is -2.55. The Balaban J connectivity index is 2.55. The first kappa shape index (κ1) is 21.5. The Bertz CT molecular complexity index is 664. The molecule has 26 heavy (non-hydrogen) atoms. The molecule has 0 saturated heterocycles. The number of amides is 3. The van der Waals surface area contributed by atoms with Crippen LogP contribution in [0.3, 0.4) is 0 Å². The Morgan fingerprint density at radius 2 is 1.77 bits per heavy atom. The zero-order chi connectivity index (χ0) is 19.5. The summed E-state index contributed by atoms with van der Waals surface area (Å²) in [6.07, 6.45) is 0. The van der Waals surface area contributed by atoms with Crippen molar-refractivity contribution in [2.45, 2.75) is 11.8 Å². The molecule has 8 nitrogen and oxygen atoms in total. The van der Waals surface area contributed by atoms with Gasteiger partial charge in [-0.1, -0.05) is 12.1 Å². The van der Waals surface area contributed by atoms with Crippen LogP contribution in [0.4, 0.5) is 0 Å². The Morgan fingerprint density at radius 1 is 1.08 bits per heavy atom. The Kier molecular flexibility index (Phi) is 9.21. The van der Waals surface area contributed by atoms with Gasteiger partial charge in [0, 0.05) is 25.5 Å². The van der Waals surface area contributed by atoms with Crippen molar-refractivity contribution in [1.82, 2.24) is 15.5 Å². The molecule has 1 aromatic rings. The van der Waals surface area contributed by atoms with Crippen LogP contribution < -0.4 is 10.6 Å². The maximum absolute atomic E-state index is 12.2. The molecule has 0 aromatic heterocycles. The van der Waals surface area contributed by atoms with Gasteiger partial charge in [0.15, 0.2) is 6.61 Å². The summed E-state index contributed by atoms with van der Waals surface area (Å²) >= 11 is 1.22. The minimum absolute atomic E-state index is 0.0806. The zero-order valence-electron chi connectivity index (χ0n) is 15.0. The van der Waals surface area contributed by atoms with Crippen LogP contribution >= 0.6 is 11.8 Å². The zero-order valence-corrected chi connectivity index (χ0v) is 15.9. The molecule has 2 N–H and O–H groups in total. The van der Waals surface area contributed by atoms with Crippen LogP contribution in [0, 0.1) is 0 Å². The van der Waals surface area contributed by atoms with E-state index in [1.165, 1.54) is 16.7 Å². The summed E-state index contributed by atoms with van der Waals surface area (Å²) in [4.78, 5) is 48.8. The van der Waals surface area contributed by atoms with Crippen molar-refractivity contribution in [2.75, 3.05) is 39.5 Å². The number of hydrogen-bond acceptors (Lipinski definition) is 6. The third-order valence-corrected chi connectivity index (χ3v) is 4.17. The van der Waals surface area contributed by atoms with Gasteiger partial charge in [0.1, 0.15) is 0 Å². The van der Waals surface area contributed by atoms with E-state index in [0.29, 0.717) is 11.4 Å². The number of esters is 1. The first-order valence-electron chi connectivity index (χ1n) is 7.97. The summed E-state index contributed by atoms with van der Waals surface area (Å²) in [5.74, 6) is -1.46. The molecule has 0 bridgehead atoms. The van der Waals surface area contributed by atoms with Gasteiger partial charge in [-0.05, 0) is 19.1 Å². The van der Waals surface area contributed by atoms with E-state index in [2.05, 4.69) is 10.6 Å². The van der Waals surface area contributed by atoms with Crippen molar-refractivity contribution >= 4 is 35.5 Å². The van der Waals surface area contributed by atoms with Crippen molar-refractivity contribution in [3.63, 3.8) is 0 Å². The van der Waals surface area contributed by atoms with Gasteiger partial charge in [-0.2, -0.15) is 0 Å². The second-order valence-electron chi connectivity index (χ2n) is 5.38. The molecule has 0 radical (unpaired) electrons. The van der Waals surface area contributed by atoms with Gasteiger partial charge < -0.3 is 20.3 Å². The standard InChI is InChI=1S/C17H23N3O5S/c1-4-18-14(21)9-19-15(22)10-25-17(24)12-7-5-6-8-13(12)26-11-16(23)20(2)3/h5-8H,4,9-11H2,1-3H3,(H,18,21)(H,19,22). The Labute approximate surface area is 156 Å². The lowest BCUT2D eigenvalue weighted by Gasteiger charge is -2.12. The van der Waals surface area contributed by atoms with Crippen molar-refractivity contribution in [3.8, 4) is 0 Å². The molecule has 0 aliphatic heterocycles. The predicted octanol–water partition coefficient (Wildman–Crippen LogP) is 0.276. The number of nitrogens with one attached hydrogen (secondary N) is 2. The van der Waals surface area contributed by atoms with Gasteiger partial charge >= 0.3 is 5.97 Å². The molecule has 0 fully saturated rings. The van der Waals surface area contributed by atoms with Crippen LogP contribution in [0.15, 0.2) is 29.2 Å². The number of benzene rings is 1. The van der Waals surface area contributed by atoms with E-state index < -0.39 is 18.5 Å². The molecule has 1 aromatic carbocycles. The first-order chi connectivity index (χ1) is 12.3. The maximum atomic E-state index is 12.2. The van der Waals surface area contributed by atoms with Crippen LogP contribution in [0.2, 0.25) is 0 Å². The SMILES string of the molecule is CCNC(=O)CNC(=O)COC(=O)c1ccccc1SCC(=O)N(C)C. The summed E-state index contributed by atoms with van der Waals surface area (Å²) in [6, 6.07) is 6.69. The molecule has 0 heterocycles. The van der Waals surface area contributed by atoms with Gasteiger partial charge in [0.2, 0.25) is 11.8 Å². The lowest BCUT2D eigenvalue weighted by atomic mass is 10.2. The van der Waals surface area contributed by atoms with Gasteiger partial charge in [0.05, 0.1) is 17.9 Å². The highest BCUT2D eigenvalue weighted by molar-refractivity contribution is 8.00. The molecule has 142 valence electrons. The summed E-state index contributed by atoms with van der Waals surface area (Å²) in [7, 11) is 3.31. The fraction of sp³-hybridized carbons (Fsp3) is 0.412. The van der Waals surface area contributed by atoms with Gasteiger partial charge in [0.25, 0.3) is 5.91 Å². The van der Waals surface area contributed by atoms with E-state index in [4.69, 9.17) is 4.74 Å². The third kappa shape index (κ3) is 7.56. The van der Waals surface area contributed by atoms with Crippen molar-refractivity contribution in [3.05, 3.63) is 29.8 Å². The molecule has 1 rings (SSSR count). The second-order valence-corrected chi connectivity index (χ2v) is 6.40. The monoisotopic (exact) mass is 381 g/mol. The van der Waals surface area contributed by atoms with Crippen LogP contribution in [0.1, 0.15) is 17.3 Å². The lowest BCUT2D eigenvalue weighted by molar-refractivity contribution is -0.127. The van der Waals surface area contributed by atoms with E-state index >= 15 is 0 Å². The largest absolute Gasteiger partial charge is 0.452 e. The number of carbonyl (C=O) groups is 4. The Morgan fingerprint density at radius 3 is 2.42 bits per heavy atom. The minimum Gasteiger partial charge on any atom is -0.452 e. The van der Waals surface area contributed by atoms with Crippen LogP contribution in [-0.2, 0) is 19.1 Å². The molecule has 0 atom stereocenters. The van der Waals surface area contributed by atoms with E-state index in [9.17, 15) is 19.2 Å². The molecule has 3 amide bonds. The molecule has 0 aliphatic rings. The lowest BCUT2D eigenvalue weighted by Crippen LogP contribution is -2.38. The highest BCUT2D eigenvalue weighted by Gasteiger charge is 2.16. The molecule has 0 aliphatic carbocycles. The fourth-order valence-electron chi connectivity index (χ4n) is 1.73. The van der Waals surface area contributed by atoms with E-state index in [0.717, 1.165) is 0 Å². The van der Waals surface area contributed by atoms with E-state index in [1.807, 2.05) is 0 Å². The summed E-state index contributed by atoms with van der Waals surface area (Å²) in [5.41, 5.74) is 0.278. The summed E-state index contributed by atoms with van der Waals surface area (Å²) < 4.78 is 4.99. The van der Waals surface area contributed by atoms with E-state index in [1.54, 1.807) is 45.3 Å². The average Bonchev–Trinajstić information content (AvgIpc) is 2.62. The van der Waals surface area contributed by atoms with Gasteiger partial charge in [-0.15, -0.1) is 11.8 Å². The molecule has 0 spiro atoms. The normalized spacial score (nSPS) is 9.96. The predicted molar refractivity (Wildman–Crippen MR) is 97.8 cm³/mol. The highest BCUT2D eigenvalue weighted by Crippen LogP contribution is 2.23. The topological polar surface area (TPSA) is 105 Å². The van der Waals surface area contributed by atoms with Crippen molar-refractivity contribution < 1.29 is 23.9 Å². The summed E-state index contributed by atoms with van der Waals surface area (Å²) in [6.45, 7) is 1.56. The van der Waals surface area contributed by atoms with Gasteiger partial charge in [-0.3, -0.25) is 14.4 Å². The molecule has 0 unspecified atom stereocenters. The number of hydrogen-bond donors (Lipinski definition) is 2. The van der Waals surface area contributed by atoms with Crippen molar-refractivity contribution in [2.24, 2.45) is 0 Å². The molecule has 9 heteroatoms. The smallest absolute Gasteiger partial charge is 0.339 e. The van der Waals surface area contributed by atoms with Crippen LogP contribution in [-0.4, -0.2) is 68.1 Å². The minimum atomic E-state index is -0.668. The number of rotatable bonds is 9. The highest BCUT2D eigenvalue weighted by atomic mass is 32.2. The number of likely N-dealkylation sites (N-methyl/N-ethyl adjacent to an activating group) is 1. The molecule has 0 saturated carbocycles. The van der Waals surface area contributed by atoms with Crippen LogP contribution in [0.25, 0.3) is 0 Å². The quantitative estimate of drug-likeness (QED) is 0.470. The number of nitrogens with zero attached hydrogens (tertiary/aromatic N) is 1. The molecular formula is C17H23N3O5S. The van der Waals surface area contributed by atoms with E-state index in [-0.39, 0.29) is 29.7 Å².